The van der Waals surface area contributed by atoms with E-state index < -0.39 is 18.1 Å². The maximum Gasteiger partial charge on any atom is 0.220 e. The molecular formula is C10H14N2O3. The fourth-order valence-electron chi connectivity index (χ4n) is 1.31. The number of para-hydroxylation sites is 1. The Morgan fingerprint density at radius 3 is 2.47 bits per heavy atom. The average molecular weight is 210 g/mol. The number of carbonyl (C=O) groups is 1. The number of benzene rings is 1. The lowest BCUT2D eigenvalue weighted by Gasteiger charge is -2.18. The molecule has 0 aromatic heterocycles. The third-order valence-electron chi connectivity index (χ3n) is 2.09. The largest absolute Gasteiger partial charge is 0.398 e. The van der Waals surface area contributed by atoms with Gasteiger partial charge in [-0.3, -0.25) is 4.79 Å². The van der Waals surface area contributed by atoms with Crippen LogP contribution in [0.2, 0.25) is 0 Å². The highest BCUT2D eigenvalue weighted by molar-refractivity contribution is 5.74. The minimum atomic E-state index is -1.23. The molecule has 0 aliphatic carbocycles. The summed E-state index contributed by atoms with van der Waals surface area (Å²) in [7, 11) is 0. The Bertz CT molecular complexity index is 354. The number of nitrogens with two attached hydrogens (primary N) is 2. The van der Waals surface area contributed by atoms with Crippen LogP contribution in [0.5, 0.6) is 0 Å². The van der Waals surface area contributed by atoms with Crippen LogP contribution in [-0.2, 0) is 4.79 Å². The standard InChI is InChI=1S/C10H14N2O3/c11-7-4-2-1-3-6(7)10(15)8(13)5-9(12)14/h1-4,8,10,13,15H,5,11H2,(H2,12,14). The van der Waals surface area contributed by atoms with E-state index in [9.17, 15) is 15.0 Å². The molecule has 0 spiro atoms. The van der Waals surface area contributed by atoms with Crippen molar-refractivity contribution in [1.82, 2.24) is 0 Å². The molecular weight excluding hydrogens is 196 g/mol. The van der Waals surface area contributed by atoms with E-state index in [1.807, 2.05) is 0 Å². The molecule has 82 valence electrons. The normalized spacial score (nSPS) is 14.5. The van der Waals surface area contributed by atoms with Gasteiger partial charge in [0.15, 0.2) is 0 Å². The summed E-state index contributed by atoms with van der Waals surface area (Å²) in [5.41, 5.74) is 11.3. The van der Waals surface area contributed by atoms with Crippen molar-refractivity contribution >= 4 is 11.6 Å². The van der Waals surface area contributed by atoms with E-state index >= 15 is 0 Å². The molecule has 0 aliphatic rings. The number of carbonyl (C=O) groups excluding carboxylic acids is 1. The van der Waals surface area contributed by atoms with Crippen molar-refractivity contribution < 1.29 is 15.0 Å². The highest BCUT2D eigenvalue weighted by atomic mass is 16.3. The second-order valence-electron chi connectivity index (χ2n) is 3.31. The second kappa shape index (κ2) is 4.77. The van der Waals surface area contributed by atoms with E-state index in [0.29, 0.717) is 11.3 Å². The van der Waals surface area contributed by atoms with Crippen molar-refractivity contribution in [2.24, 2.45) is 5.73 Å². The molecule has 5 nitrogen and oxygen atoms in total. The number of aliphatic hydroxyl groups excluding tert-OH is 2. The van der Waals surface area contributed by atoms with E-state index in [-0.39, 0.29) is 6.42 Å². The van der Waals surface area contributed by atoms with Gasteiger partial charge in [-0.25, -0.2) is 0 Å². The Labute approximate surface area is 87.3 Å². The maximum atomic E-state index is 10.6. The molecule has 5 heteroatoms. The van der Waals surface area contributed by atoms with Crippen LogP contribution in [0.4, 0.5) is 5.69 Å². The van der Waals surface area contributed by atoms with E-state index in [4.69, 9.17) is 11.5 Å². The van der Waals surface area contributed by atoms with Crippen LogP contribution in [0.1, 0.15) is 18.1 Å². The predicted octanol–water partition coefficient (Wildman–Crippen LogP) is -0.462. The van der Waals surface area contributed by atoms with E-state index in [1.165, 1.54) is 0 Å². The summed E-state index contributed by atoms with van der Waals surface area (Å²) in [4.78, 5) is 10.6. The molecule has 2 atom stereocenters. The van der Waals surface area contributed by atoms with Crippen molar-refractivity contribution in [2.75, 3.05) is 5.73 Å². The third kappa shape index (κ3) is 2.93. The van der Waals surface area contributed by atoms with E-state index in [1.54, 1.807) is 24.3 Å². The van der Waals surface area contributed by atoms with Crippen LogP contribution >= 0.6 is 0 Å². The Kier molecular flexibility index (Phi) is 3.65. The molecule has 0 fully saturated rings. The first kappa shape index (κ1) is 11.5. The zero-order valence-electron chi connectivity index (χ0n) is 8.13. The Morgan fingerprint density at radius 1 is 1.33 bits per heavy atom. The zero-order chi connectivity index (χ0) is 11.4. The fourth-order valence-corrected chi connectivity index (χ4v) is 1.31. The minimum Gasteiger partial charge on any atom is -0.398 e. The van der Waals surface area contributed by atoms with Crippen LogP contribution in [0.15, 0.2) is 24.3 Å². The molecule has 0 heterocycles. The highest BCUT2D eigenvalue weighted by Gasteiger charge is 2.21. The Balaban J connectivity index is 2.80. The lowest BCUT2D eigenvalue weighted by atomic mass is 10.0. The average Bonchev–Trinajstić information content (AvgIpc) is 2.16. The Hall–Kier alpha value is -1.59. The van der Waals surface area contributed by atoms with Crippen LogP contribution in [0, 0.1) is 0 Å². The number of amides is 1. The molecule has 15 heavy (non-hydrogen) atoms. The number of anilines is 1. The smallest absolute Gasteiger partial charge is 0.220 e. The molecule has 1 aromatic rings. The summed E-state index contributed by atoms with van der Waals surface area (Å²) < 4.78 is 0. The topological polar surface area (TPSA) is 110 Å². The molecule has 2 unspecified atom stereocenters. The van der Waals surface area contributed by atoms with E-state index in [0.717, 1.165) is 0 Å². The second-order valence-corrected chi connectivity index (χ2v) is 3.31. The van der Waals surface area contributed by atoms with Crippen LogP contribution < -0.4 is 11.5 Å². The van der Waals surface area contributed by atoms with Gasteiger partial charge in [-0.1, -0.05) is 18.2 Å². The van der Waals surface area contributed by atoms with Crippen molar-refractivity contribution in [1.29, 1.82) is 0 Å². The van der Waals surface area contributed by atoms with Gasteiger partial charge in [-0.05, 0) is 6.07 Å². The van der Waals surface area contributed by atoms with Gasteiger partial charge in [0.25, 0.3) is 0 Å². The molecule has 1 rings (SSSR count). The van der Waals surface area contributed by atoms with Crippen LogP contribution in [0.3, 0.4) is 0 Å². The SMILES string of the molecule is NC(=O)CC(O)C(O)c1ccccc1N. The first-order valence-electron chi connectivity index (χ1n) is 4.51. The fraction of sp³-hybridized carbons (Fsp3) is 0.300. The van der Waals surface area contributed by atoms with Crippen molar-refractivity contribution in [3.05, 3.63) is 29.8 Å². The molecule has 0 saturated carbocycles. The molecule has 0 bridgehead atoms. The Morgan fingerprint density at radius 2 is 1.93 bits per heavy atom. The number of primary amides is 1. The van der Waals surface area contributed by atoms with Crippen molar-refractivity contribution in [2.45, 2.75) is 18.6 Å². The van der Waals surface area contributed by atoms with Gasteiger partial charge in [-0.15, -0.1) is 0 Å². The summed E-state index contributed by atoms with van der Waals surface area (Å²) in [5, 5.41) is 19.1. The molecule has 1 amide bonds. The summed E-state index contributed by atoms with van der Waals surface area (Å²) in [6, 6.07) is 6.59. The zero-order valence-corrected chi connectivity index (χ0v) is 8.13. The lowest BCUT2D eigenvalue weighted by molar-refractivity contribution is -0.121. The number of aliphatic hydroxyl groups is 2. The van der Waals surface area contributed by atoms with Gasteiger partial charge >= 0.3 is 0 Å². The number of hydrogen-bond donors (Lipinski definition) is 4. The first-order chi connectivity index (χ1) is 7.02. The predicted molar refractivity (Wildman–Crippen MR) is 55.6 cm³/mol. The minimum absolute atomic E-state index is 0.296. The number of nitrogen functional groups attached to an aromatic ring is 1. The van der Waals surface area contributed by atoms with Crippen molar-refractivity contribution in [3.63, 3.8) is 0 Å². The van der Waals surface area contributed by atoms with Crippen LogP contribution in [0.25, 0.3) is 0 Å². The quantitative estimate of drug-likeness (QED) is 0.504. The van der Waals surface area contributed by atoms with Crippen molar-refractivity contribution in [3.8, 4) is 0 Å². The molecule has 0 saturated heterocycles. The van der Waals surface area contributed by atoms with Crippen LogP contribution in [-0.4, -0.2) is 22.2 Å². The van der Waals surface area contributed by atoms with Gasteiger partial charge in [0, 0.05) is 11.3 Å². The summed E-state index contributed by atoms with van der Waals surface area (Å²) in [6.07, 6.45) is -2.72. The summed E-state index contributed by atoms with van der Waals surface area (Å²) in [6.45, 7) is 0. The number of rotatable bonds is 4. The van der Waals surface area contributed by atoms with Gasteiger partial charge in [0.2, 0.25) is 5.91 Å². The molecule has 1 aromatic carbocycles. The van der Waals surface area contributed by atoms with Gasteiger partial charge in [0.05, 0.1) is 12.5 Å². The summed E-state index contributed by atoms with van der Waals surface area (Å²) >= 11 is 0. The number of hydrogen-bond acceptors (Lipinski definition) is 4. The molecule has 0 aliphatic heterocycles. The first-order valence-corrected chi connectivity index (χ1v) is 4.51. The van der Waals surface area contributed by atoms with E-state index in [2.05, 4.69) is 0 Å². The lowest BCUT2D eigenvalue weighted by Crippen LogP contribution is -2.26. The van der Waals surface area contributed by atoms with Gasteiger partial charge in [0.1, 0.15) is 6.10 Å². The van der Waals surface area contributed by atoms with Gasteiger partial charge in [-0.2, -0.15) is 0 Å². The maximum absolute atomic E-state index is 10.6. The summed E-state index contributed by atoms with van der Waals surface area (Å²) in [5.74, 6) is -0.670. The molecule has 0 radical (unpaired) electrons. The monoisotopic (exact) mass is 210 g/mol. The van der Waals surface area contributed by atoms with Gasteiger partial charge < -0.3 is 21.7 Å². The third-order valence-corrected chi connectivity index (χ3v) is 2.09. The molecule has 6 N–H and O–H groups in total. The highest BCUT2D eigenvalue weighted by Crippen LogP contribution is 2.23.